The van der Waals surface area contributed by atoms with Crippen molar-refractivity contribution in [2.24, 2.45) is 0 Å². The topological polar surface area (TPSA) is 66.5 Å². The molecule has 0 unspecified atom stereocenters. The van der Waals surface area contributed by atoms with Gasteiger partial charge in [0.2, 0.25) is 5.91 Å². The molecule has 1 atom stereocenters. The van der Waals surface area contributed by atoms with Gasteiger partial charge in [-0.3, -0.25) is 9.10 Å². The molecule has 1 N–H and O–H groups in total. The molecule has 0 aliphatic carbocycles. The van der Waals surface area contributed by atoms with Gasteiger partial charge >= 0.3 is 0 Å². The third-order valence-electron chi connectivity index (χ3n) is 4.31. The molecule has 0 saturated heterocycles. The van der Waals surface area contributed by atoms with Crippen LogP contribution in [0.5, 0.6) is 0 Å². The van der Waals surface area contributed by atoms with Crippen LogP contribution in [0.2, 0.25) is 0 Å². The van der Waals surface area contributed by atoms with Gasteiger partial charge in [-0.25, -0.2) is 8.42 Å². The molecule has 2 heterocycles. The third-order valence-corrected chi connectivity index (χ3v) is 7.30. The number of thioether (sulfide) groups is 1. The first-order chi connectivity index (χ1) is 11.5. The largest absolute Gasteiger partial charge is 0.324 e. The maximum Gasteiger partial charge on any atom is 0.264 e. The maximum atomic E-state index is 13.0. The normalized spacial score (nSPS) is 19.6. The van der Waals surface area contributed by atoms with Crippen molar-refractivity contribution in [1.82, 2.24) is 0 Å². The highest BCUT2D eigenvalue weighted by atomic mass is 32.2. The molecule has 4 rings (SSSR count). The number of nitrogens with zero attached hydrogens (tertiary/aromatic N) is 1. The lowest BCUT2D eigenvalue weighted by atomic mass is 10.2. The van der Waals surface area contributed by atoms with Crippen molar-refractivity contribution in [3.05, 3.63) is 48.0 Å². The highest BCUT2D eigenvalue weighted by Crippen LogP contribution is 2.38. The fraction of sp³-hybridized carbons (Fsp3) is 0.235. The first kappa shape index (κ1) is 15.5. The number of anilines is 2. The standard InChI is InChI=1S/C17H16N2O3S2/c1-11-17(20)18-14-10-13(6-7-16(14)23-11)24(21,22)19-9-8-12-4-2-3-5-15(12)19/h2-7,10-11H,8-9H2,1H3,(H,18,20)/t11-/m1/s1. The van der Waals surface area contributed by atoms with Crippen molar-refractivity contribution in [2.75, 3.05) is 16.2 Å². The first-order valence-electron chi connectivity index (χ1n) is 7.69. The lowest BCUT2D eigenvalue weighted by molar-refractivity contribution is -0.115. The molecule has 0 saturated carbocycles. The molecule has 124 valence electrons. The molecule has 0 spiro atoms. The van der Waals surface area contributed by atoms with E-state index in [1.807, 2.05) is 31.2 Å². The summed E-state index contributed by atoms with van der Waals surface area (Å²) in [5.41, 5.74) is 2.34. The lowest BCUT2D eigenvalue weighted by Crippen LogP contribution is -2.30. The van der Waals surface area contributed by atoms with Crippen LogP contribution in [0, 0.1) is 0 Å². The molecule has 1 amide bonds. The zero-order valence-electron chi connectivity index (χ0n) is 13.0. The van der Waals surface area contributed by atoms with Crippen molar-refractivity contribution >= 4 is 39.1 Å². The number of benzene rings is 2. The summed E-state index contributed by atoms with van der Waals surface area (Å²) in [6.07, 6.45) is 0.713. The molecule has 2 aliphatic heterocycles. The predicted molar refractivity (Wildman–Crippen MR) is 95.1 cm³/mol. The molecule has 2 aromatic carbocycles. The highest BCUT2D eigenvalue weighted by molar-refractivity contribution is 8.01. The molecule has 2 aliphatic rings. The van der Waals surface area contributed by atoms with E-state index in [9.17, 15) is 13.2 Å². The van der Waals surface area contributed by atoms with Crippen LogP contribution < -0.4 is 9.62 Å². The maximum absolute atomic E-state index is 13.0. The Kier molecular flexibility index (Phi) is 3.58. The van der Waals surface area contributed by atoms with Gasteiger partial charge < -0.3 is 5.32 Å². The van der Waals surface area contributed by atoms with Crippen molar-refractivity contribution in [2.45, 2.75) is 28.4 Å². The Hall–Kier alpha value is -1.99. The number of nitrogens with one attached hydrogen (secondary N) is 1. The van der Waals surface area contributed by atoms with Gasteiger partial charge in [-0.05, 0) is 43.2 Å². The number of hydrogen-bond acceptors (Lipinski definition) is 4. The lowest BCUT2D eigenvalue weighted by Gasteiger charge is -2.24. The molecular weight excluding hydrogens is 344 g/mol. The van der Waals surface area contributed by atoms with Gasteiger partial charge in [0.25, 0.3) is 10.0 Å². The van der Waals surface area contributed by atoms with Crippen molar-refractivity contribution < 1.29 is 13.2 Å². The summed E-state index contributed by atoms with van der Waals surface area (Å²) in [5.74, 6) is -0.103. The van der Waals surface area contributed by atoms with Crippen LogP contribution in [0.1, 0.15) is 12.5 Å². The molecule has 0 aromatic heterocycles. The van der Waals surface area contributed by atoms with Crippen LogP contribution in [0.3, 0.4) is 0 Å². The SMILES string of the molecule is C[C@H]1Sc2ccc(S(=O)(=O)N3CCc4ccccc43)cc2NC1=O. The summed E-state index contributed by atoms with van der Waals surface area (Å²) in [4.78, 5) is 12.9. The van der Waals surface area contributed by atoms with Gasteiger partial charge in [0.15, 0.2) is 0 Å². The first-order valence-corrected chi connectivity index (χ1v) is 10.0. The van der Waals surface area contributed by atoms with Crippen molar-refractivity contribution in [3.63, 3.8) is 0 Å². The Morgan fingerprint density at radius 3 is 2.83 bits per heavy atom. The number of para-hydroxylation sites is 1. The second-order valence-electron chi connectivity index (χ2n) is 5.86. The summed E-state index contributed by atoms with van der Waals surface area (Å²) in [7, 11) is -3.64. The van der Waals surface area contributed by atoms with Crippen LogP contribution in [-0.4, -0.2) is 26.1 Å². The number of sulfonamides is 1. The quantitative estimate of drug-likeness (QED) is 0.894. The van der Waals surface area contributed by atoms with Gasteiger partial charge in [-0.2, -0.15) is 0 Å². The smallest absolute Gasteiger partial charge is 0.264 e. The van der Waals surface area contributed by atoms with E-state index < -0.39 is 10.0 Å². The zero-order chi connectivity index (χ0) is 16.9. The number of fused-ring (bicyclic) bond motifs is 2. The van der Waals surface area contributed by atoms with Crippen LogP contribution in [0.4, 0.5) is 11.4 Å². The minimum atomic E-state index is -3.64. The van der Waals surface area contributed by atoms with Gasteiger partial charge in [-0.1, -0.05) is 18.2 Å². The number of amides is 1. The average molecular weight is 360 g/mol. The third kappa shape index (κ3) is 2.39. The van der Waals surface area contributed by atoms with Crippen LogP contribution in [0.25, 0.3) is 0 Å². The van der Waals surface area contributed by atoms with Crippen LogP contribution in [-0.2, 0) is 21.2 Å². The summed E-state index contributed by atoms with van der Waals surface area (Å²) in [5, 5.41) is 2.61. The van der Waals surface area contributed by atoms with E-state index >= 15 is 0 Å². The molecular formula is C17H16N2O3S2. The monoisotopic (exact) mass is 360 g/mol. The van der Waals surface area contributed by atoms with Crippen molar-refractivity contribution in [3.8, 4) is 0 Å². The zero-order valence-corrected chi connectivity index (χ0v) is 14.7. The summed E-state index contributed by atoms with van der Waals surface area (Å²) in [6, 6.07) is 12.5. The van der Waals surface area contributed by atoms with Crippen LogP contribution in [0.15, 0.2) is 52.3 Å². The van der Waals surface area contributed by atoms with Crippen LogP contribution >= 0.6 is 11.8 Å². The second kappa shape index (κ2) is 5.53. The van der Waals surface area contributed by atoms with E-state index in [4.69, 9.17) is 0 Å². The molecule has 0 bridgehead atoms. The van der Waals surface area contributed by atoms with Gasteiger partial charge in [-0.15, -0.1) is 11.8 Å². The fourth-order valence-corrected chi connectivity index (χ4v) is 5.49. The molecule has 5 nitrogen and oxygen atoms in total. The van der Waals surface area contributed by atoms with E-state index in [0.29, 0.717) is 18.7 Å². The summed E-state index contributed by atoms with van der Waals surface area (Å²) < 4.78 is 27.5. The Bertz CT molecular complexity index is 941. The molecule has 0 fully saturated rings. The number of carbonyl (C=O) groups is 1. The minimum absolute atomic E-state index is 0.103. The van der Waals surface area contributed by atoms with E-state index in [0.717, 1.165) is 16.1 Å². The summed E-state index contributed by atoms with van der Waals surface area (Å²) in [6.45, 7) is 2.27. The van der Waals surface area contributed by atoms with E-state index in [2.05, 4.69) is 5.32 Å². The van der Waals surface area contributed by atoms with Gasteiger partial charge in [0, 0.05) is 11.4 Å². The van der Waals surface area contributed by atoms with E-state index in [1.54, 1.807) is 18.2 Å². The Morgan fingerprint density at radius 2 is 2.00 bits per heavy atom. The van der Waals surface area contributed by atoms with E-state index in [-0.39, 0.29) is 16.1 Å². The Balaban J connectivity index is 1.74. The number of hydrogen-bond donors (Lipinski definition) is 1. The predicted octanol–water partition coefficient (Wildman–Crippen LogP) is 2.87. The van der Waals surface area contributed by atoms with Crippen molar-refractivity contribution in [1.29, 1.82) is 0 Å². The molecule has 2 aromatic rings. The number of rotatable bonds is 2. The minimum Gasteiger partial charge on any atom is -0.324 e. The Morgan fingerprint density at radius 1 is 1.21 bits per heavy atom. The van der Waals surface area contributed by atoms with E-state index in [1.165, 1.54) is 16.1 Å². The average Bonchev–Trinajstić information content (AvgIpc) is 3.00. The van der Waals surface area contributed by atoms with Gasteiger partial charge in [0.05, 0.1) is 21.5 Å². The Labute approximate surface area is 145 Å². The second-order valence-corrected chi connectivity index (χ2v) is 9.11. The number of carbonyl (C=O) groups excluding carboxylic acids is 1. The molecule has 7 heteroatoms. The summed E-state index contributed by atoms with van der Waals surface area (Å²) >= 11 is 1.44. The highest BCUT2D eigenvalue weighted by Gasteiger charge is 2.32. The van der Waals surface area contributed by atoms with Gasteiger partial charge in [0.1, 0.15) is 0 Å². The fourth-order valence-electron chi connectivity index (χ4n) is 3.03. The molecule has 0 radical (unpaired) electrons. The molecule has 24 heavy (non-hydrogen) atoms.